The first-order chi connectivity index (χ1) is 5.24. The first-order valence-electron chi connectivity index (χ1n) is 4.17. The normalized spacial score (nSPS) is 17.3. The lowest BCUT2D eigenvalue weighted by Crippen LogP contribution is -2.23. The highest BCUT2D eigenvalue weighted by Crippen LogP contribution is 2.29. The van der Waals surface area contributed by atoms with Crippen molar-refractivity contribution in [3.8, 4) is 0 Å². The molecule has 1 amide bonds. The zero-order chi connectivity index (χ0) is 8.27. The molecule has 2 nitrogen and oxygen atoms in total. The highest BCUT2D eigenvalue weighted by molar-refractivity contribution is 5.87. The Bertz CT molecular complexity index is 170. The van der Waals surface area contributed by atoms with Gasteiger partial charge in [0.15, 0.2) is 0 Å². The molecule has 0 heterocycles. The van der Waals surface area contributed by atoms with Gasteiger partial charge in [0, 0.05) is 13.6 Å². The largest absolute Gasteiger partial charge is 0.343 e. The van der Waals surface area contributed by atoms with Crippen LogP contribution >= 0.6 is 0 Å². The standard InChI is InChI=1S/C9H15NO/c1-3-10(2)9(11)7-6-8-4-5-8/h6-8H,3-5H2,1-2H3/b7-6+. The summed E-state index contributed by atoms with van der Waals surface area (Å²) in [6.45, 7) is 2.76. The maximum atomic E-state index is 11.1. The molecule has 0 spiro atoms. The van der Waals surface area contributed by atoms with Crippen LogP contribution < -0.4 is 0 Å². The van der Waals surface area contributed by atoms with Gasteiger partial charge in [0.05, 0.1) is 0 Å². The predicted octanol–water partition coefficient (Wildman–Crippen LogP) is 1.43. The molecule has 0 aliphatic heterocycles. The third kappa shape index (κ3) is 2.74. The molecule has 0 N–H and O–H groups in total. The molecule has 0 aromatic rings. The third-order valence-corrected chi connectivity index (χ3v) is 1.98. The molecular formula is C9H15NO. The number of hydrogen-bond donors (Lipinski definition) is 0. The second kappa shape index (κ2) is 3.56. The minimum Gasteiger partial charge on any atom is -0.343 e. The van der Waals surface area contributed by atoms with E-state index >= 15 is 0 Å². The molecule has 0 atom stereocenters. The lowest BCUT2D eigenvalue weighted by atomic mass is 10.3. The maximum Gasteiger partial charge on any atom is 0.245 e. The molecule has 1 saturated carbocycles. The molecule has 0 aromatic heterocycles. The number of likely N-dealkylation sites (N-methyl/N-ethyl adjacent to an activating group) is 1. The monoisotopic (exact) mass is 153 g/mol. The highest BCUT2D eigenvalue weighted by atomic mass is 16.2. The molecular weight excluding hydrogens is 138 g/mol. The van der Waals surface area contributed by atoms with E-state index in [1.807, 2.05) is 20.0 Å². The quantitative estimate of drug-likeness (QED) is 0.562. The van der Waals surface area contributed by atoms with Crippen LogP contribution in [0.1, 0.15) is 19.8 Å². The molecule has 0 radical (unpaired) electrons. The lowest BCUT2D eigenvalue weighted by Gasteiger charge is -2.10. The van der Waals surface area contributed by atoms with Gasteiger partial charge in [0.25, 0.3) is 0 Å². The minimum atomic E-state index is 0.124. The fraction of sp³-hybridized carbons (Fsp3) is 0.667. The van der Waals surface area contributed by atoms with Crippen molar-refractivity contribution < 1.29 is 4.79 Å². The van der Waals surface area contributed by atoms with Crippen LogP contribution in [0.2, 0.25) is 0 Å². The molecule has 11 heavy (non-hydrogen) atoms. The molecule has 1 aliphatic rings. The van der Waals surface area contributed by atoms with Crippen molar-refractivity contribution in [2.75, 3.05) is 13.6 Å². The van der Waals surface area contributed by atoms with Gasteiger partial charge in [-0.2, -0.15) is 0 Å². The summed E-state index contributed by atoms with van der Waals surface area (Å²) < 4.78 is 0. The number of hydrogen-bond acceptors (Lipinski definition) is 1. The van der Waals surface area contributed by atoms with E-state index < -0.39 is 0 Å². The van der Waals surface area contributed by atoms with Crippen LogP contribution in [0.5, 0.6) is 0 Å². The number of amides is 1. The van der Waals surface area contributed by atoms with E-state index in [-0.39, 0.29) is 5.91 Å². The van der Waals surface area contributed by atoms with Crippen molar-refractivity contribution in [1.29, 1.82) is 0 Å². The number of carbonyl (C=O) groups excluding carboxylic acids is 1. The average Bonchev–Trinajstić information content (AvgIpc) is 2.81. The van der Waals surface area contributed by atoms with E-state index in [9.17, 15) is 4.79 Å². The van der Waals surface area contributed by atoms with Crippen molar-refractivity contribution in [2.45, 2.75) is 19.8 Å². The maximum absolute atomic E-state index is 11.1. The van der Waals surface area contributed by atoms with E-state index in [1.54, 1.807) is 11.0 Å². The summed E-state index contributed by atoms with van der Waals surface area (Å²) in [5.74, 6) is 0.823. The van der Waals surface area contributed by atoms with Gasteiger partial charge in [-0.3, -0.25) is 4.79 Å². The Morgan fingerprint density at radius 2 is 2.27 bits per heavy atom. The first kappa shape index (κ1) is 8.31. The summed E-state index contributed by atoms with van der Waals surface area (Å²) in [6, 6.07) is 0. The van der Waals surface area contributed by atoms with Crippen molar-refractivity contribution >= 4 is 5.91 Å². The summed E-state index contributed by atoms with van der Waals surface area (Å²) in [5.41, 5.74) is 0. The number of rotatable bonds is 3. The van der Waals surface area contributed by atoms with Crippen molar-refractivity contribution in [3.63, 3.8) is 0 Å². The molecule has 0 aromatic carbocycles. The molecule has 0 unspecified atom stereocenters. The Hall–Kier alpha value is -0.790. The second-order valence-corrected chi connectivity index (χ2v) is 3.05. The van der Waals surface area contributed by atoms with E-state index in [1.165, 1.54) is 12.8 Å². The summed E-state index contributed by atoms with van der Waals surface area (Å²) >= 11 is 0. The van der Waals surface area contributed by atoms with Gasteiger partial charge in [-0.05, 0) is 31.8 Å². The molecule has 1 fully saturated rings. The zero-order valence-electron chi connectivity index (χ0n) is 7.21. The highest BCUT2D eigenvalue weighted by Gasteiger charge is 2.17. The summed E-state index contributed by atoms with van der Waals surface area (Å²) in [6.07, 6.45) is 6.24. The van der Waals surface area contributed by atoms with Gasteiger partial charge in [0.1, 0.15) is 0 Å². The Morgan fingerprint density at radius 1 is 1.64 bits per heavy atom. The first-order valence-corrected chi connectivity index (χ1v) is 4.17. The predicted molar refractivity (Wildman–Crippen MR) is 45.2 cm³/mol. The Kier molecular flexibility index (Phi) is 2.69. The van der Waals surface area contributed by atoms with Gasteiger partial charge in [-0.15, -0.1) is 0 Å². The van der Waals surface area contributed by atoms with Crippen molar-refractivity contribution in [2.24, 2.45) is 5.92 Å². The molecule has 0 saturated heterocycles. The second-order valence-electron chi connectivity index (χ2n) is 3.05. The summed E-state index contributed by atoms with van der Waals surface area (Å²) in [7, 11) is 1.82. The van der Waals surface area contributed by atoms with Crippen LogP contribution in [-0.4, -0.2) is 24.4 Å². The summed E-state index contributed by atoms with van der Waals surface area (Å²) in [5, 5.41) is 0. The van der Waals surface area contributed by atoms with Gasteiger partial charge < -0.3 is 4.90 Å². The summed E-state index contributed by atoms with van der Waals surface area (Å²) in [4.78, 5) is 12.9. The Balaban J connectivity index is 2.28. The van der Waals surface area contributed by atoms with E-state index in [0.717, 1.165) is 6.54 Å². The SMILES string of the molecule is CCN(C)C(=O)/C=C/C1CC1. The molecule has 1 rings (SSSR count). The van der Waals surface area contributed by atoms with Gasteiger partial charge in [-0.1, -0.05) is 6.08 Å². The van der Waals surface area contributed by atoms with Crippen LogP contribution in [0.3, 0.4) is 0 Å². The molecule has 2 heteroatoms. The minimum absolute atomic E-state index is 0.124. The Morgan fingerprint density at radius 3 is 2.73 bits per heavy atom. The van der Waals surface area contributed by atoms with Crippen molar-refractivity contribution in [3.05, 3.63) is 12.2 Å². The number of nitrogens with zero attached hydrogens (tertiary/aromatic N) is 1. The van der Waals surface area contributed by atoms with Crippen LogP contribution in [0.4, 0.5) is 0 Å². The van der Waals surface area contributed by atoms with Gasteiger partial charge in [-0.25, -0.2) is 0 Å². The van der Waals surface area contributed by atoms with Gasteiger partial charge >= 0.3 is 0 Å². The molecule has 0 bridgehead atoms. The van der Waals surface area contributed by atoms with E-state index in [4.69, 9.17) is 0 Å². The smallest absolute Gasteiger partial charge is 0.245 e. The average molecular weight is 153 g/mol. The van der Waals surface area contributed by atoms with Crippen LogP contribution in [-0.2, 0) is 4.79 Å². The van der Waals surface area contributed by atoms with Crippen molar-refractivity contribution in [1.82, 2.24) is 4.90 Å². The molecule has 62 valence electrons. The Labute approximate surface area is 67.9 Å². The van der Waals surface area contributed by atoms with Gasteiger partial charge in [0.2, 0.25) is 5.91 Å². The molecule has 1 aliphatic carbocycles. The zero-order valence-corrected chi connectivity index (χ0v) is 7.21. The van der Waals surface area contributed by atoms with E-state index in [0.29, 0.717) is 5.92 Å². The topological polar surface area (TPSA) is 20.3 Å². The van der Waals surface area contributed by atoms with Crippen LogP contribution in [0.25, 0.3) is 0 Å². The number of carbonyl (C=O) groups is 1. The third-order valence-electron chi connectivity index (χ3n) is 1.98. The number of allylic oxidation sites excluding steroid dienone is 1. The van der Waals surface area contributed by atoms with E-state index in [2.05, 4.69) is 0 Å². The van der Waals surface area contributed by atoms with Crippen LogP contribution in [0, 0.1) is 5.92 Å². The fourth-order valence-electron chi connectivity index (χ4n) is 0.790. The lowest BCUT2D eigenvalue weighted by molar-refractivity contribution is -0.124. The fourth-order valence-corrected chi connectivity index (χ4v) is 0.790. The van der Waals surface area contributed by atoms with Crippen LogP contribution in [0.15, 0.2) is 12.2 Å².